The highest BCUT2D eigenvalue weighted by atomic mass is 16.3. The Bertz CT molecular complexity index is 665. The molecule has 0 aromatic heterocycles. The van der Waals surface area contributed by atoms with Crippen molar-refractivity contribution in [1.82, 2.24) is 4.90 Å². The molecular formula is C27H45NO2. The monoisotopic (exact) mass is 415 g/mol. The molecule has 0 spiro atoms. The smallest absolute Gasteiger partial charge is 0.0577 e. The minimum atomic E-state index is -0.181. The summed E-state index contributed by atoms with van der Waals surface area (Å²) in [5.41, 5.74) is 0.261. The fraction of sp³-hybridized carbons (Fsp3) is 1.00. The third-order valence-electron chi connectivity index (χ3n) is 12.0. The number of fused-ring (bicyclic) bond motifs is 8. The van der Waals surface area contributed by atoms with Gasteiger partial charge in [0.25, 0.3) is 0 Å². The standard InChI is InChI=1S/C27H45NO2/c1-15-4-7-25-16(2)18-5-6-19-20(22(18)14-28(25)13-15)11-23-21(19)12-26(30)24-10-17(29)8-9-27(23,24)3/h15-26,29-30H,4-14H2,1-3H3/t15-,16?,17+,18+,19-,20-,21+,22+,23+,24-,25+,26-,27-/m1/s1. The molecule has 30 heavy (non-hydrogen) atoms. The lowest BCUT2D eigenvalue weighted by Crippen LogP contribution is -2.58. The summed E-state index contributed by atoms with van der Waals surface area (Å²) in [5.74, 6) is 7.22. The van der Waals surface area contributed by atoms with E-state index in [0.717, 1.165) is 79.1 Å². The van der Waals surface area contributed by atoms with E-state index < -0.39 is 0 Å². The molecule has 0 aromatic rings. The van der Waals surface area contributed by atoms with E-state index >= 15 is 0 Å². The number of piperidine rings is 2. The molecule has 0 aromatic carbocycles. The highest BCUT2D eigenvalue weighted by molar-refractivity contribution is 5.12. The van der Waals surface area contributed by atoms with Gasteiger partial charge in [-0.05, 0) is 116 Å². The maximum absolute atomic E-state index is 11.2. The molecule has 6 rings (SSSR count). The summed E-state index contributed by atoms with van der Waals surface area (Å²) in [6.07, 6.45) is 10.7. The van der Waals surface area contributed by atoms with E-state index in [1.54, 1.807) is 0 Å². The van der Waals surface area contributed by atoms with Crippen LogP contribution in [-0.4, -0.2) is 46.5 Å². The van der Waals surface area contributed by atoms with Gasteiger partial charge < -0.3 is 10.2 Å². The number of rotatable bonds is 0. The molecule has 0 radical (unpaired) electrons. The van der Waals surface area contributed by atoms with Gasteiger partial charge in [-0.15, -0.1) is 0 Å². The van der Waals surface area contributed by atoms with Crippen molar-refractivity contribution in [2.45, 2.75) is 96.8 Å². The summed E-state index contributed by atoms with van der Waals surface area (Å²) in [6, 6.07) is 0.853. The second-order valence-corrected chi connectivity index (χ2v) is 13.1. The Labute approximate surface area is 184 Å². The van der Waals surface area contributed by atoms with Crippen molar-refractivity contribution in [3.05, 3.63) is 0 Å². The van der Waals surface area contributed by atoms with Gasteiger partial charge >= 0.3 is 0 Å². The van der Waals surface area contributed by atoms with E-state index in [9.17, 15) is 10.2 Å². The van der Waals surface area contributed by atoms with E-state index in [4.69, 9.17) is 0 Å². The van der Waals surface area contributed by atoms with Crippen molar-refractivity contribution in [3.8, 4) is 0 Å². The van der Waals surface area contributed by atoms with Crippen LogP contribution >= 0.6 is 0 Å². The second kappa shape index (κ2) is 7.19. The van der Waals surface area contributed by atoms with Gasteiger partial charge in [-0.1, -0.05) is 20.8 Å². The second-order valence-electron chi connectivity index (χ2n) is 13.1. The Hall–Kier alpha value is -0.120. The van der Waals surface area contributed by atoms with Crippen LogP contribution in [0.2, 0.25) is 0 Å². The predicted octanol–water partition coefficient (Wildman–Crippen LogP) is 4.56. The lowest BCUT2D eigenvalue weighted by molar-refractivity contribution is -0.130. The van der Waals surface area contributed by atoms with Crippen LogP contribution in [0, 0.1) is 58.7 Å². The van der Waals surface area contributed by atoms with Crippen molar-refractivity contribution in [1.29, 1.82) is 0 Å². The topological polar surface area (TPSA) is 43.7 Å². The van der Waals surface area contributed by atoms with E-state index in [2.05, 4.69) is 25.7 Å². The summed E-state index contributed by atoms with van der Waals surface area (Å²) >= 11 is 0. The number of aliphatic hydroxyl groups excluding tert-OH is 2. The van der Waals surface area contributed by atoms with Crippen LogP contribution in [0.5, 0.6) is 0 Å². The van der Waals surface area contributed by atoms with Crippen LogP contribution < -0.4 is 0 Å². The molecule has 3 heteroatoms. The van der Waals surface area contributed by atoms with Gasteiger partial charge in [0.15, 0.2) is 0 Å². The highest BCUT2D eigenvalue weighted by Crippen LogP contribution is 2.67. The molecule has 13 atom stereocenters. The Kier molecular flexibility index (Phi) is 4.91. The molecule has 4 aliphatic carbocycles. The molecule has 2 N–H and O–H groups in total. The lowest BCUT2D eigenvalue weighted by Gasteiger charge is -2.56. The molecule has 1 unspecified atom stereocenters. The van der Waals surface area contributed by atoms with E-state index in [1.165, 1.54) is 45.2 Å². The summed E-state index contributed by atoms with van der Waals surface area (Å²) in [7, 11) is 0. The number of hydrogen-bond donors (Lipinski definition) is 2. The molecule has 170 valence electrons. The maximum Gasteiger partial charge on any atom is 0.0577 e. The van der Waals surface area contributed by atoms with Gasteiger partial charge in [0.1, 0.15) is 0 Å². The average molecular weight is 416 g/mol. The minimum absolute atomic E-state index is 0.180. The first-order chi connectivity index (χ1) is 14.4. The van der Waals surface area contributed by atoms with Gasteiger partial charge in [0, 0.05) is 19.1 Å². The molecule has 2 saturated heterocycles. The Balaban J connectivity index is 1.28. The first-order valence-electron chi connectivity index (χ1n) is 13.5. The lowest BCUT2D eigenvalue weighted by atomic mass is 9.51. The van der Waals surface area contributed by atoms with Gasteiger partial charge in [-0.25, -0.2) is 0 Å². The van der Waals surface area contributed by atoms with Crippen molar-refractivity contribution in [2.75, 3.05) is 13.1 Å². The van der Waals surface area contributed by atoms with E-state index in [1.807, 2.05) is 0 Å². The molecule has 3 nitrogen and oxygen atoms in total. The van der Waals surface area contributed by atoms with Crippen LogP contribution in [0.25, 0.3) is 0 Å². The van der Waals surface area contributed by atoms with Gasteiger partial charge in [0.05, 0.1) is 12.2 Å². The largest absolute Gasteiger partial charge is 0.393 e. The van der Waals surface area contributed by atoms with E-state index in [-0.39, 0.29) is 17.6 Å². The Morgan fingerprint density at radius 3 is 2.37 bits per heavy atom. The SMILES string of the molecule is CC1[C@@H]2CC[C@@H]3[C@@H](C[C@H]4[C@H]3C[C@@H](O)[C@H]3C[C@@H](O)CC[C@@]34C)[C@H]2CN2C[C@H](C)CC[C@@H]12. The summed E-state index contributed by atoms with van der Waals surface area (Å²) < 4.78 is 0. The van der Waals surface area contributed by atoms with Crippen LogP contribution in [-0.2, 0) is 0 Å². The normalized spacial score (nSPS) is 60.7. The minimum Gasteiger partial charge on any atom is -0.393 e. The quantitative estimate of drug-likeness (QED) is 0.609. The van der Waals surface area contributed by atoms with Crippen LogP contribution in [0.3, 0.4) is 0 Å². The number of hydrogen-bond acceptors (Lipinski definition) is 3. The van der Waals surface area contributed by atoms with Gasteiger partial charge in [-0.2, -0.15) is 0 Å². The first-order valence-corrected chi connectivity index (χ1v) is 13.5. The third-order valence-corrected chi connectivity index (χ3v) is 12.0. The molecule has 2 aliphatic heterocycles. The maximum atomic E-state index is 11.2. The highest BCUT2D eigenvalue weighted by Gasteiger charge is 2.62. The van der Waals surface area contributed by atoms with Crippen LogP contribution in [0.4, 0.5) is 0 Å². The average Bonchev–Trinajstić information content (AvgIpc) is 3.09. The molecule has 0 amide bonds. The molecule has 2 heterocycles. The zero-order chi connectivity index (χ0) is 20.8. The fourth-order valence-corrected chi connectivity index (χ4v) is 10.6. The van der Waals surface area contributed by atoms with Crippen molar-refractivity contribution >= 4 is 0 Å². The number of aliphatic hydroxyl groups is 2. The van der Waals surface area contributed by atoms with Crippen molar-refractivity contribution < 1.29 is 10.2 Å². The van der Waals surface area contributed by atoms with E-state index in [0.29, 0.717) is 5.92 Å². The summed E-state index contributed by atoms with van der Waals surface area (Å²) in [6.45, 7) is 10.3. The predicted molar refractivity (Wildman–Crippen MR) is 120 cm³/mol. The number of nitrogens with zero attached hydrogens (tertiary/aromatic N) is 1. The zero-order valence-electron chi connectivity index (χ0n) is 19.5. The molecule has 6 fully saturated rings. The molecule has 0 bridgehead atoms. The summed E-state index contributed by atoms with van der Waals surface area (Å²) in [5, 5.41) is 21.5. The zero-order valence-corrected chi connectivity index (χ0v) is 19.5. The van der Waals surface area contributed by atoms with Crippen molar-refractivity contribution in [3.63, 3.8) is 0 Å². The molecule has 6 aliphatic rings. The van der Waals surface area contributed by atoms with Gasteiger partial charge in [0.2, 0.25) is 0 Å². The van der Waals surface area contributed by atoms with Crippen molar-refractivity contribution in [2.24, 2.45) is 58.7 Å². The Morgan fingerprint density at radius 1 is 0.733 bits per heavy atom. The third kappa shape index (κ3) is 2.86. The summed E-state index contributed by atoms with van der Waals surface area (Å²) in [4.78, 5) is 2.92. The fourth-order valence-electron chi connectivity index (χ4n) is 10.6. The Morgan fingerprint density at radius 2 is 1.53 bits per heavy atom. The molecular weight excluding hydrogens is 370 g/mol. The first kappa shape index (κ1) is 20.5. The van der Waals surface area contributed by atoms with Crippen LogP contribution in [0.15, 0.2) is 0 Å². The molecule has 4 saturated carbocycles. The van der Waals surface area contributed by atoms with Crippen LogP contribution in [0.1, 0.15) is 78.6 Å². The van der Waals surface area contributed by atoms with Gasteiger partial charge in [-0.3, -0.25) is 4.90 Å².